The fourth-order valence-corrected chi connectivity index (χ4v) is 4.53. The summed E-state index contributed by atoms with van der Waals surface area (Å²) in [6.07, 6.45) is 2.59. The van der Waals surface area contributed by atoms with Crippen LogP contribution in [0.1, 0.15) is 42.2 Å². The number of carbonyl (C=O) groups is 1. The third kappa shape index (κ3) is 4.28. The number of piperazine rings is 1. The number of aryl methyl sites for hydroxylation is 2. The van der Waals surface area contributed by atoms with Crippen molar-refractivity contribution < 1.29 is 9.32 Å². The van der Waals surface area contributed by atoms with Gasteiger partial charge >= 0.3 is 0 Å². The lowest BCUT2D eigenvalue weighted by Gasteiger charge is -2.36. The van der Waals surface area contributed by atoms with Gasteiger partial charge in [-0.3, -0.25) is 9.69 Å². The summed E-state index contributed by atoms with van der Waals surface area (Å²) < 4.78 is 7.27. The van der Waals surface area contributed by atoms with Crippen LogP contribution in [0, 0.1) is 13.8 Å². The number of aromatic nitrogens is 6. The zero-order valence-electron chi connectivity index (χ0n) is 19.7. The monoisotopic (exact) mass is 460 g/mol. The highest BCUT2D eigenvalue weighted by Gasteiger charge is 2.28. The van der Waals surface area contributed by atoms with Crippen molar-refractivity contribution in [2.75, 3.05) is 26.2 Å². The number of amides is 1. The molecule has 1 saturated heterocycles. The van der Waals surface area contributed by atoms with Crippen molar-refractivity contribution in [2.24, 2.45) is 0 Å². The van der Waals surface area contributed by atoms with Gasteiger partial charge in [-0.25, -0.2) is 9.50 Å². The summed E-state index contributed by atoms with van der Waals surface area (Å²) in [5.74, 6) is 1.95. The number of carbonyl (C=O) groups excluding carboxylic acids is 1. The van der Waals surface area contributed by atoms with Crippen molar-refractivity contribution in [2.45, 2.75) is 39.7 Å². The molecule has 1 atom stereocenters. The second kappa shape index (κ2) is 9.30. The first-order valence-corrected chi connectivity index (χ1v) is 11.6. The van der Waals surface area contributed by atoms with Gasteiger partial charge in [0.25, 0.3) is 5.78 Å². The van der Waals surface area contributed by atoms with Gasteiger partial charge in [0.05, 0.1) is 6.04 Å². The lowest BCUT2D eigenvalue weighted by molar-refractivity contribution is -0.133. The van der Waals surface area contributed by atoms with E-state index in [0.717, 1.165) is 35.6 Å². The van der Waals surface area contributed by atoms with Crippen molar-refractivity contribution in [1.29, 1.82) is 0 Å². The highest BCUT2D eigenvalue weighted by Crippen LogP contribution is 2.24. The molecule has 1 aliphatic heterocycles. The largest absolute Gasteiger partial charge is 0.340 e. The van der Waals surface area contributed by atoms with Crippen molar-refractivity contribution in [3.63, 3.8) is 0 Å². The average Bonchev–Trinajstić information content (AvgIpc) is 3.54. The molecule has 4 aromatic rings. The Balaban J connectivity index is 1.16. The fraction of sp³-hybridized carbons (Fsp3) is 0.417. The van der Waals surface area contributed by atoms with Gasteiger partial charge in [0.15, 0.2) is 0 Å². The molecule has 10 heteroatoms. The molecular formula is C24H28N8O2. The first kappa shape index (κ1) is 22.1. The molecule has 5 rings (SSSR count). The van der Waals surface area contributed by atoms with Crippen molar-refractivity contribution in [1.82, 2.24) is 39.5 Å². The first-order chi connectivity index (χ1) is 16.5. The summed E-state index contributed by atoms with van der Waals surface area (Å²) >= 11 is 0. The van der Waals surface area contributed by atoms with Gasteiger partial charge in [-0.1, -0.05) is 35.5 Å². The van der Waals surface area contributed by atoms with Crippen molar-refractivity contribution in [3.05, 3.63) is 59.5 Å². The van der Waals surface area contributed by atoms with E-state index in [4.69, 9.17) is 4.52 Å². The minimum atomic E-state index is -0.00649. The molecule has 3 aromatic heterocycles. The topological polar surface area (TPSA) is 106 Å². The molecule has 10 nitrogen and oxygen atoms in total. The molecule has 1 unspecified atom stereocenters. The Morgan fingerprint density at radius 3 is 2.62 bits per heavy atom. The lowest BCUT2D eigenvalue weighted by atomic mass is 10.1. The van der Waals surface area contributed by atoms with Gasteiger partial charge < -0.3 is 9.42 Å². The normalized spacial score (nSPS) is 15.7. The van der Waals surface area contributed by atoms with Gasteiger partial charge in [0, 0.05) is 49.6 Å². The Hall–Kier alpha value is -3.66. The van der Waals surface area contributed by atoms with Crippen LogP contribution >= 0.6 is 0 Å². The summed E-state index contributed by atoms with van der Waals surface area (Å²) in [7, 11) is 0. The number of rotatable bonds is 6. The summed E-state index contributed by atoms with van der Waals surface area (Å²) in [5, 5.41) is 8.37. The van der Waals surface area contributed by atoms with Gasteiger partial charge in [-0.15, -0.1) is 0 Å². The van der Waals surface area contributed by atoms with E-state index in [2.05, 4.69) is 37.0 Å². The van der Waals surface area contributed by atoms with E-state index in [-0.39, 0.29) is 11.9 Å². The molecule has 1 amide bonds. The van der Waals surface area contributed by atoms with Crippen LogP contribution in [-0.4, -0.2) is 71.6 Å². The summed E-state index contributed by atoms with van der Waals surface area (Å²) in [4.78, 5) is 30.4. The summed E-state index contributed by atoms with van der Waals surface area (Å²) in [5.41, 5.74) is 3.88. The van der Waals surface area contributed by atoms with Crippen LogP contribution in [0.3, 0.4) is 0 Å². The molecule has 0 spiro atoms. The van der Waals surface area contributed by atoms with Gasteiger partial charge in [-0.2, -0.15) is 15.1 Å². The number of fused-ring (bicyclic) bond motifs is 1. The number of hydrogen-bond acceptors (Lipinski definition) is 8. The zero-order chi connectivity index (χ0) is 23.7. The summed E-state index contributed by atoms with van der Waals surface area (Å²) in [6, 6.07) is 9.80. The SMILES string of the molecule is Cc1nc2ncnn2c(C)c1CCC(=O)N1CCN(C(C)c2nc(-c3ccccc3)no2)CC1. The third-order valence-corrected chi connectivity index (χ3v) is 6.62. The van der Waals surface area contributed by atoms with Crippen LogP contribution in [-0.2, 0) is 11.2 Å². The molecule has 0 radical (unpaired) electrons. The number of nitrogens with zero attached hydrogens (tertiary/aromatic N) is 8. The van der Waals surface area contributed by atoms with Crippen LogP contribution in [0.25, 0.3) is 17.2 Å². The Kier molecular flexibility index (Phi) is 6.06. The van der Waals surface area contributed by atoms with E-state index >= 15 is 0 Å². The maximum Gasteiger partial charge on any atom is 0.252 e. The van der Waals surface area contributed by atoms with E-state index in [1.807, 2.05) is 49.1 Å². The molecule has 1 aromatic carbocycles. The lowest BCUT2D eigenvalue weighted by Crippen LogP contribution is -2.49. The fourth-order valence-electron chi connectivity index (χ4n) is 4.53. The van der Waals surface area contributed by atoms with Gasteiger partial charge in [-0.05, 0) is 32.8 Å². The van der Waals surface area contributed by atoms with E-state index in [9.17, 15) is 4.79 Å². The van der Waals surface area contributed by atoms with Crippen LogP contribution in [0.15, 0.2) is 41.2 Å². The Labute approximate surface area is 197 Å². The molecule has 1 aliphatic rings. The van der Waals surface area contributed by atoms with Crippen molar-refractivity contribution in [3.8, 4) is 11.4 Å². The molecule has 34 heavy (non-hydrogen) atoms. The Bertz CT molecular complexity index is 1290. The predicted octanol–water partition coefficient (Wildman–Crippen LogP) is 2.63. The van der Waals surface area contributed by atoms with Crippen LogP contribution in [0.2, 0.25) is 0 Å². The maximum atomic E-state index is 12.9. The quantitative estimate of drug-likeness (QED) is 0.432. The molecule has 0 bridgehead atoms. The standard InChI is InChI=1S/C24H28N8O2/c1-16-20(17(2)32-24(27-16)25-15-26-32)9-10-21(33)31-13-11-30(12-14-31)18(3)23-28-22(29-34-23)19-7-5-4-6-8-19/h4-8,15,18H,9-14H2,1-3H3. The minimum Gasteiger partial charge on any atom is -0.340 e. The van der Waals surface area contributed by atoms with E-state index in [0.29, 0.717) is 43.4 Å². The smallest absolute Gasteiger partial charge is 0.252 e. The minimum absolute atomic E-state index is 0.00649. The molecule has 176 valence electrons. The number of benzene rings is 1. The molecule has 1 fully saturated rings. The maximum absolute atomic E-state index is 12.9. The van der Waals surface area contributed by atoms with Gasteiger partial charge in [0.1, 0.15) is 6.33 Å². The molecule has 4 heterocycles. The predicted molar refractivity (Wildman–Crippen MR) is 125 cm³/mol. The first-order valence-electron chi connectivity index (χ1n) is 11.6. The molecule has 0 aliphatic carbocycles. The van der Waals surface area contributed by atoms with E-state index in [1.54, 1.807) is 4.52 Å². The summed E-state index contributed by atoms with van der Waals surface area (Å²) in [6.45, 7) is 8.92. The van der Waals surface area contributed by atoms with Crippen LogP contribution in [0.5, 0.6) is 0 Å². The highest BCUT2D eigenvalue weighted by molar-refractivity contribution is 5.76. The average molecular weight is 461 g/mol. The Morgan fingerprint density at radius 2 is 1.85 bits per heavy atom. The van der Waals surface area contributed by atoms with E-state index < -0.39 is 0 Å². The third-order valence-electron chi connectivity index (χ3n) is 6.62. The van der Waals surface area contributed by atoms with Crippen LogP contribution in [0.4, 0.5) is 0 Å². The Morgan fingerprint density at radius 1 is 1.09 bits per heavy atom. The van der Waals surface area contributed by atoms with Crippen LogP contribution < -0.4 is 0 Å². The molecule has 0 N–H and O–H groups in total. The number of hydrogen-bond donors (Lipinski definition) is 0. The molecule has 0 saturated carbocycles. The van der Waals surface area contributed by atoms with Gasteiger partial charge in [0.2, 0.25) is 17.6 Å². The van der Waals surface area contributed by atoms with E-state index in [1.165, 1.54) is 6.33 Å². The molecular weight excluding hydrogens is 432 g/mol. The highest BCUT2D eigenvalue weighted by atomic mass is 16.5. The second-order valence-corrected chi connectivity index (χ2v) is 8.65. The van der Waals surface area contributed by atoms with Crippen molar-refractivity contribution >= 4 is 11.7 Å². The second-order valence-electron chi connectivity index (χ2n) is 8.65. The zero-order valence-corrected chi connectivity index (χ0v) is 19.7.